The molecule has 1 aromatic heterocycles. The van der Waals surface area contributed by atoms with Gasteiger partial charge in [-0.1, -0.05) is 6.92 Å². The van der Waals surface area contributed by atoms with Crippen molar-refractivity contribution in [2.45, 2.75) is 25.9 Å². The Kier molecular flexibility index (Phi) is 4.17. The molecule has 1 heterocycles. The van der Waals surface area contributed by atoms with Crippen molar-refractivity contribution in [1.29, 1.82) is 0 Å². The van der Waals surface area contributed by atoms with Gasteiger partial charge in [0.1, 0.15) is 11.4 Å². The summed E-state index contributed by atoms with van der Waals surface area (Å²) in [5.41, 5.74) is -0.587. The minimum Gasteiger partial charge on any atom is -0.384 e. The third-order valence-corrected chi connectivity index (χ3v) is 2.22. The molecule has 0 aliphatic carbocycles. The van der Waals surface area contributed by atoms with Gasteiger partial charge in [0.05, 0.1) is 6.20 Å². The number of halogens is 1. The second-order valence-electron chi connectivity index (χ2n) is 3.84. The molecule has 0 bridgehead atoms. The minimum atomic E-state index is -1.08. The van der Waals surface area contributed by atoms with Gasteiger partial charge in [-0.25, -0.2) is 4.39 Å². The molecule has 0 saturated carbocycles. The number of nitrogens with one attached hydrogen (secondary N) is 1. The second-order valence-corrected chi connectivity index (χ2v) is 3.84. The lowest BCUT2D eigenvalue weighted by atomic mass is 9.98. The van der Waals surface area contributed by atoms with Crippen LogP contribution in [0.3, 0.4) is 0 Å². The molecule has 0 saturated heterocycles. The monoisotopic (exact) mass is 212 g/mol. The molecule has 0 radical (unpaired) electrons. The van der Waals surface area contributed by atoms with Crippen LogP contribution in [0.2, 0.25) is 0 Å². The average Bonchev–Trinajstić information content (AvgIpc) is 2.18. The zero-order chi connectivity index (χ0) is 11.3. The van der Waals surface area contributed by atoms with Crippen LogP contribution in [-0.4, -0.2) is 23.2 Å². The maximum atomic E-state index is 12.9. The molecule has 4 heteroatoms. The summed E-state index contributed by atoms with van der Waals surface area (Å²) < 4.78 is 12.9. The molecule has 1 aromatic rings. The Bertz CT molecular complexity index is 315. The second kappa shape index (κ2) is 5.19. The standard InChI is InChI=1S/C11H17FN2O/c1-3-4-13-8-11(2,15)9-5-10(12)7-14-6-9/h5-7,13,15H,3-4,8H2,1-2H3. The van der Waals surface area contributed by atoms with Crippen LogP contribution in [0.25, 0.3) is 0 Å². The molecule has 0 aliphatic heterocycles. The highest BCUT2D eigenvalue weighted by atomic mass is 19.1. The third-order valence-electron chi connectivity index (χ3n) is 2.22. The van der Waals surface area contributed by atoms with Crippen LogP contribution in [0.15, 0.2) is 18.5 Å². The van der Waals surface area contributed by atoms with Crippen molar-refractivity contribution in [1.82, 2.24) is 10.3 Å². The summed E-state index contributed by atoms with van der Waals surface area (Å²) in [7, 11) is 0. The van der Waals surface area contributed by atoms with Gasteiger partial charge in [0.15, 0.2) is 0 Å². The molecule has 1 atom stereocenters. The molecule has 0 fully saturated rings. The number of hydrogen-bond acceptors (Lipinski definition) is 3. The van der Waals surface area contributed by atoms with Gasteiger partial charge in [0.2, 0.25) is 0 Å². The predicted molar refractivity (Wildman–Crippen MR) is 56.9 cm³/mol. The van der Waals surface area contributed by atoms with Crippen molar-refractivity contribution in [2.24, 2.45) is 0 Å². The molecule has 0 amide bonds. The van der Waals surface area contributed by atoms with Gasteiger partial charge in [-0.2, -0.15) is 0 Å². The smallest absolute Gasteiger partial charge is 0.141 e. The lowest BCUT2D eigenvalue weighted by molar-refractivity contribution is 0.0565. The first-order valence-corrected chi connectivity index (χ1v) is 5.10. The van der Waals surface area contributed by atoms with Crippen molar-refractivity contribution >= 4 is 0 Å². The summed E-state index contributed by atoms with van der Waals surface area (Å²) in [6.45, 7) is 4.92. The van der Waals surface area contributed by atoms with Crippen LogP contribution in [0, 0.1) is 5.82 Å². The highest BCUT2D eigenvalue weighted by molar-refractivity contribution is 5.18. The van der Waals surface area contributed by atoms with E-state index in [1.165, 1.54) is 12.3 Å². The average molecular weight is 212 g/mol. The largest absolute Gasteiger partial charge is 0.384 e. The third kappa shape index (κ3) is 3.57. The van der Waals surface area contributed by atoms with Crippen molar-refractivity contribution in [2.75, 3.05) is 13.1 Å². The molecule has 15 heavy (non-hydrogen) atoms. The first-order chi connectivity index (χ1) is 7.06. The lowest BCUT2D eigenvalue weighted by Crippen LogP contribution is -2.35. The van der Waals surface area contributed by atoms with E-state index in [0.717, 1.165) is 19.2 Å². The molecule has 0 spiro atoms. The van der Waals surface area contributed by atoms with E-state index >= 15 is 0 Å². The van der Waals surface area contributed by atoms with Crippen molar-refractivity contribution in [3.05, 3.63) is 29.8 Å². The lowest BCUT2D eigenvalue weighted by Gasteiger charge is -2.23. The number of aliphatic hydroxyl groups is 1. The van der Waals surface area contributed by atoms with E-state index in [9.17, 15) is 9.50 Å². The number of hydrogen-bond donors (Lipinski definition) is 2. The summed E-state index contributed by atoms with van der Waals surface area (Å²) in [4.78, 5) is 3.72. The quantitative estimate of drug-likeness (QED) is 0.726. The highest BCUT2D eigenvalue weighted by Crippen LogP contribution is 2.19. The Morgan fingerprint density at radius 3 is 2.87 bits per heavy atom. The number of nitrogens with zero attached hydrogens (tertiary/aromatic N) is 1. The SMILES string of the molecule is CCCNCC(C)(O)c1cncc(F)c1. The molecule has 0 aromatic carbocycles. The minimum absolute atomic E-state index is 0.395. The maximum Gasteiger partial charge on any atom is 0.141 e. The summed E-state index contributed by atoms with van der Waals surface area (Å²) in [5, 5.41) is 13.2. The number of aromatic nitrogens is 1. The molecule has 0 aliphatic rings. The topological polar surface area (TPSA) is 45.1 Å². The fourth-order valence-corrected chi connectivity index (χ4v) is 1.32. The first-order valence-electron chi connectivity index (χ1n) is 5.10. The summed E-state index contributed by atoms with van der Waals surface area (Å²) in [5.74, 6) is -0.428. The Hall–Kier alpha value is -1.00. The van der Waals surface area contributed by atoms with Gasteiger partial charge in [-0.15, -0.1) is 0 Å². The highest BCUT2D eigenvalue weighted by Gasteiger charge is 2.23. The van der Waals surface area contributed by atoms with E-state index in [0.29, 0.717) is 12.1 Å². The van der Waals surface area contributed by atoms with Gasteiger partial charge in [0, 0.05) is 18.3 Å². The Morgan fingerprint density at radius 1 is 1.53 bits per heavy atom. The summed E-state index contributed by atoms with van der Waals surface area (Å²) in [6, 6.07) is 1.31. The number of rotatable bonds is 5. The van der Waals surface area contributed by atoms with E-state index in [4.69, 9.17) is 0 Å². The van der Waals surface area contributed by atoms with Crippen LogP contribution in [0.1, 0.15) is 25.8 Å². The van der Waals surface area contributed by atoms with E-state index in [1.807, 2.05) is 6.92 Å². The van der Waals surface area contributed by atoms with Gasteiger partial charge >= 0.3 is 0 Å². The summed E-state index contributed by atoms with van der Waals surface area (Å²) >= 11 is 0. The zero-order valence-electron chi connectivity index (χ0n) is 9.13. The fraction of sp³-hybridized carbons (Fsp3) is 0.545. The van der Waals surface area contributed by atoms with E-state index in [-0.39, 0.29) is 0 Å². The van der Waals surface area contributed by atoms with Crippen LogP contribution in [0.4, 0.5) is 4.39 Å². The number of pyridine rings is 1. The van der Waals surface area contributed by atoms with Crippen LogP contribution in [0.5, 0.6) is 0 Å². The molecule has 84 valence electrons. The van der Waals surface area contributed by atoms with Gasteiger partial charge in [-0.05, 0) is 26.0 Å². The van der Waals surface area contributed by atoms with E-state index in [2.05, 4.69) is 10.3 Å². The molecule has 1 rings (SSSR count). The Morgan fingerprint density at radius 2 is 2.27 bits per heavy atom. The fourth-order valence-electron chi connectivity index (χ4n) is 1.32. The van der Waals surface area contributed by atoms with Crippen LogP contribution >= 0.6 is 0 Å². The van der Waals surface area contributed by atoms with Crippen molar-refractivity contribution in [3.63, 3.8) is 0 Å². The van der Waals surface area contributed by atoms with Gasteiger partial charge in [0.25, 0.3) is 0 Å². The van der Waals surface area contributed by atoms with Gasteiger partial charge in [-0.3, -0.25) is 4.98 Å². The molecular weight excluding hydrogens is 195 g/mol. The molecule has 1 unspecified atom stereocenters. The van der Waals surface area contributed by atoms with Crippen LogP contribution in [-0.2, 0) is 5.60 Å². The first kappa shape index (κ1) is 12.1. The van der Waals surface area contributed by atoms with Crippen LogP contribution < -0.4 is 5.32 Å². The molecule has 2 N–H and O–H groups in total. The molecular formula is C11H17FN2O. The summed E-state index contributed by atoms with van der Waals surface area (Å²) in [6.07, 6.45) is 3.60. The van der Waals surface area contributed by atoms with Crippen molar-refractivity contribution < 1.29 is 9.50 Å². The van der Waals surface area contributed by atoms with Crippen molar-refractivity contribution in [3.8, 4) is 0 Å². The normalized spacial score (nSPS) is 14.9. The predicted octanol–water partition coefficient (Wildman–Crippen LogP) is 1.43. The Balaban J connectivity index is 2.67. The Labute approximate surface area is 89.4 Å². The van der Waals surface area contributed by atoms with Gasteiger partial charge < -0.3 is 10.4 Å². The van der Waals surface area contributed by atoms with E-state index in [1.54, 1.807) is 6.92 Å². The van der Waals surface area contributed by atoms with E-state index < -0.39 is 11.4 Å². The molecule has 3 nitrogen and oxygen atoms in total. The zero-order valence-corrected chi connectivity index (χ0v) is 9.13. The maximum absolute atomic E-state index is 12.9.